The number of halogens is 1. The molecule has 0 aliphatic carbocycles. The first-order valence-electron chi connectivity index (χ1n) is 4.45. The molecule has 1 aromatic rings. The van der Waals surface area contributed by atoms with Crippen molar-refractivity contribution in [2.24, 2.45) is 0 Å². The Hall–Kier alpha value is -1.03. The van der Waals surface area contributed by atoms with Crippen LogP contribution < -0.4 is 4.74 Å². The molecule has 82 valence electrons. The molecule has 0 atom stereocenters. The summed E-state index contributed by atoms with van der Waals surface area (Å²) in [5.74, 6) is 0.352. The molecule has 4 heteroatoms. The summed E-state index contributed by atoms with van der Waals surface area (Å²) in [4.78, 5) is 11.4. The first-order chi connectivity index (χ1) is 7.13. The van der Waals surface area contributed by atoms with Gasteiger partial charge in [-0.1, -0.05) is 22.0 Å². The lowest BCUT2D eigenvalue weighted by Gasteiger charge is -2.10. The third-order valence-corrected chi connectivity index (χ3v) is 2.78. The van der Waals surface area contributed by atoms with Crippen LogP contribution in [0.4, 0.5) is 0 Å². The summed E-state index contributed by atoms with van der Waals surface area (Å²) in [5.41, 5.74) is 2.44. The van der Waals surface area contributed by atoms with Crippen LogP contribution in [0.2, 0.25) is 0 Å². The van der Waals surface area contributed by atoms with Gasteiger partial charge in [-0.05, 0) is 18.6 Å². The van der Waals surface area contributed by atoms with Crippen LogP contribution in [-0.2, 0) is 10.1 Å². The third-order valence-electron chi connectivity index (χ3n) is 2.18. The zero-order valence-electron chi connectivity index (χ0n) is 8.96. The van der Waals surface area contributed by atoms with Gasteiger partial charge in [-0.25, -0.2) is 4.79 Å². The SMILES string of the molecule is COC(=O)c1cc(OC)c(CBr)cc1C. The van der Waals surface area contributed by atoms with Crippen LogP contribution in [0, 0.1) is 6.92 Å². The van der Waals surface area contributed by atoms with Gasteiger partial charge in [-0.15, -0.1) is 0 Å². The molecule has 0 saturated heterocycles. The lowest BCUT2D eigenvalue weighted by Crippen LogP contribution is -2.05. The van der Waals surface area contributed by atoms with E-state index in [1.165, 1.54) is 7.11 Å². The summed E-state index contributed by atoms with van der Waals surface area (Å²) in [6, 6.07) is 3.62. The maximum Gasteiger partial charge on any atom is 0.338 e. The van der Waals surface area contributed by atoms with E-state index in [9.17, 15) is 4.79 Å². The molecule has 0 amide bonds. The summed E-state index contributed by atoms with van der Waals surface area (Å²) in [7, 11) is 2.95. The molecule has 0 spiro atoms. The second-order valence-electron chi connectivity index (χ2n) is 3.10. The van der Waals surface area contributed by atoms with Crippen molar-refractivity contribution < 1.29 is 14.3 Å². The minimum Gasteiger partial charge on any atom is -0.496 e. The monoisotopic (exact) mass is 272 g/mol. The van der Waals surface area contributed by atoms with E-state index in [0.29, 0.717) is 16.6 Å². The third kappa shape index (κ3) is 2.50. The van der Waals surface area contributed by atoms with Gasteiger partial charge in [-0.3, -0.25) is 0 Å². The van der Waals surface area contributed by atoms with Crippen molar-refractivity contribution in [3.05, 3.63) is 28.8 Å². The zero-order valence-corrected chi connectivity index (χ0v) is 10.6. The van der Waals surface area contributed by atoms with Crippen LogP contribution in [0.1, 0.15) is 21.5 Å². The molecule has 0 saturated carbocycles. The van der Waals surface area contributed by atoms with Crippen LogP contribution in [-0.4, -0.2) is 20.2 Å². The molecule has 0 bridgehead atoms. The van der Waals surface area contributed by atoms with E-state index in [0.717, 1.165) is 11.1 Å². The number of carbonyl (C=O) groups excluding carboxylic acids is 1. The van der Waals surface area contributed by atoms with E-state index in [4.69, 9.17) is 4.74 Å². The summed E-state index contributed by atoms with van der Waals surface area (Å²) in [6.07, 6.45) is 0. The van der Waals surface area contributed by atoms with Crippen molar-refractivity contribution in [1.82, 2.24) is 0 Å². The van der Waals surface area contributed by atoms with Gasteiger partial charge in [0.2, 0.25) is 0 Å². The van der Waals surface area contributed by atoms with Crippen molar-refractivity contribution in [3.8, 4) is 5.75 Å². The quantitative estimate of drug-likeness (QED) is 0.627. The van der Waals surface area contributed by atoms with Crippen molar-refractivity contribution in [3.63, 3.8) is 0 Å². The van der Waals surface area contributed by atoms with E-state index in [1.807, 2.05) is 13.0 Å². The molecule has 0 fully saturated rings. The highest BCUT2D eigenvalue weighted by molar-refractivity contribution is 9.08. The fraction of sp³-hybridized carbons (Fsp3) is 0.364. The number of esters is 1. The maximum atomic E-state index is 11.4. The lowest BCUT2D eigenvalue weighted by atomic mass is 10.0. The highest BCUT2D eigenvalue weighted by Gasteiger charge is 2.13. The number of hydrogen-bond donors (Lipinski definition) is 0. The van der Waals surface area contributed by atoms with E-state index < -0.39 is 0 Å². The largest absolute Gasteiger partial charge is 0.496 e. The number of aryl methyl sites for hydroxylation is 1. The molecule has 1 aromatic carbocycles. The molecule has 0 N–H and O–H groups in total. The molecule has 15 heavy (non-hydrogen) atoms. The molecule has 0 aliphatic rings. The van der Waals surface area contributed by atoms with E-state index in [1.54, 1.807) is 13.2 Å². The highest BCUT2D eigenvalue weighted by atomic mass is 79.9. The Morgan fingerprint density at radius 1 is 1.40 bits per heavy atom. The van der Waals surface area contributed by atoms with Crippen LogP contribution >= 0.6 is 15.9 Å². The number of ether oxygens (including phenoxy) is 2. The molecular formula is C11H13BrO3. The van der Waals surface area contributed by atoms with Gasteiger partial charge in [0.25, 0.3) is 0 Å². The van der Waals surface area contributed by atoms with E-state index in [-0.39, 0.29) is 5.97 Å². The van der Waals surface area contributed by atoms with Gasteiger partial charge in [0, 0.05) is 10.9 Å². The van der Waals surface area contributed by atoms with Crippen molar-refractivity contribution in [2.45, 2.75) is 12.3 Å². The molecule has 3 nitrogen and oxygen atoms in total. The number of carbonyl (C=O) groups is 1. The minimum absolute atomic E-state index is 0.341. The number of methoxy groups -OCH3 is 2. The zero-order chi connectivity index (χ0) is 11.4. The van der Waals surface area contributed by atoms with Gasteiger partial charge in [-0.2, -0.15) is 0 Å². The average Bonchev–Trinajstić information content (AvgIpc) is 2.27. The highest BCUT2D eigenvalue weighted by Crippen LogP contribution is 2.25. The van der Waals surface area contributed by atoms with Crippen molar-refractivity contribution >= 4 is 21.9 Å². The smallest absolute Gasteiger partial charge is 0.338 e. The Bertz CT molecular complexity index is 374. The predicted molar refractivity (Wildman–Crippen MR) is 61.7 cm³/mol. The van der Waals surface area contributed by atoms with Crippen molar-refractivity contribution in [2.75, 3.05) is 14.2 Å². The molecule has 0 radical (unpaired) electrons. The number of benzene rings is 1. The predicted octanol–water partition coefficient (Wildman–Crippen LogP) is 2.69. The lowest BCUT2D eigenvalue weighted by molar-refractivity contribution is 0.0599. The Labute approximate surface area is 97.5 Å². The molecule has 0 heterocycles. The van der Waals surface area contributed by atoms with Gasteiger partial charge < -0.3 is 9.47 Å². The maximum absolute atomic E-state index is 11.4. The van der Waals surface area contributed by atoms with Crippen LogP contribution in [0.15, 0.2) is 12.1 Å². The Morgan fingerprint density at radius 2 is 2.07 bits per heavy atom. The first-order valence-corrected chi connectivity index (χ1v) is 5.58. The van der Waals surface area contributed by atoms with E-state index in [2.05, 4.69) is 20.7 Å². The van der Waals surface area contributed by atoms with Crippen LogP contribution in [0.3, 0.4) is 0 Å². The van der Waals surface area contributed by atoms with Crippen LogP contribution in [0.25, 0.3) is 0 Å². The number of alkyl halides is 1. The van der Waals surface area contributed by atoms with E-state index >= 15 is 0 Å². The summed E-state index contributed by atoms with van der Waals surface area (Å²) < 4.78 is 9.87. The molecule has 1 rings (SSSR count). The second-order valence-corrected chi connectivity index (χ2v) is 3.66. The van der Waals surface area contributed by atoms with Gasteiger partial charge >= 0.3 is 5.97 Å². The molecule has 0 unspecified atom stereocenters. The number of hydrogen-bond acceptors (Lipinski definition) is 3. The second kappa shape index (κ2) is 5.16. The van der Waals surface area contributed by atoms with Crippen LogP contribution in [0.5, 0.6) is 5.75 Å². The Balaban J connectivity index is 3.25. The average molecular weight is 273 g/mol. The van der Waals surface area contributed by atoms with Crippen molar-refractivity contribution in [1.29, 1.82) is 0 Å². The fourth-order valence-corrected chi connectivity index (χ4v) is 1.81. The summed E-state index contributed by atoms with van der Waals surface area (Å²) >= 11 is 3.37. The minimum atomic E-state index is -0.341. The normalized spacial score (nSPS) is 9.87. The summed E-state index contributed by atoms with van der Waals surface area (Å²) in [5, 5.41) is 0.693. The topological polar surface area (TPSA) is 35.5 Å². The van der Waals surface area contributed by atoms with Gasteiger partial charge in [0.15, 0.2) is 0 Å². The number of rotatable bonds is 3. The standard InChI is InChI=1S/C11H13BrO3/c1-7-4-8(6-12)10(14-2)5-9(7)11(13)15-3/h4-5H,6H2,1-3H3. The fourth-order valence-electron chi connectivity index (χ4n) is 1.37. The molecule has 0 aliphatic heterocycles. The first kappa shape index (κ1) is 12.0. The summed E-state index contributed by atoms with van der Waals surface area (Å²) in [6.45, 7) is 1.87. The molecular weight excluding hydrogens is 260 g/mol. The van der Waals surface area contributed by atoms with Gasteiger partial charge in [0.1, 0.15) is 5.75 Å². The molecule has 0 aromatic heterocycles. The van der Waals surface area contributed by atoms with Gasteiger partial charge in [0.05, 0.1) is 19.8 Å². The Morgan fingerprint density at radius 3 is 2.53 bits per heavy atom. The Kier molecular flexibility index (Phi) is 4.15.